The Morgan fingerprint density at radius 1 is 0.454 bits per heavy atom. The number of hydrogen-bond donors (Lipinski definition) is 2. The molecule has 2 N–H and O–H groups in total. The molecule has 0 atom stereocenters. The van der Waals surface area contributed by atoms with Gasteiger partial charge in [-0.15, -0.1) is 26.3 Å². The fourth-order valence-electron chi connectivity index (χ4n) is 12.1. The summed E-state index contributed by atoms with van der Waals surface area (Å²) < 4.78 is 101. The molecule has 0 unspecified atom stereocenters. The van der Waals surface area contributed by atoms with E-state index >= 15 is 0 Å². The number of alkyl halides is 6. The monoisotopic (exact) mass is 1920 g/mol. The summed E-state index contributed by atoms with van der Waals surface area (Å²) in [7, 11) is 6.89. The Hall–Kier alpha value is -4.99. The fraction of sp³-hybridized carbons (Fsp3) is 0.542. The number of aromatic nitrogens is 8. The van der Waals surface area contributed by atoms with Crippen LogP contribution < -0.4 is 35.0 Å². The zero-order valence-electron chi connectivity index (χ0n) is 62.8. The molecule has 25 heteroatoms. The Kier molecular flexibility index (Phi) is 59.3. The molecule has 0 bridgehead atoms. The third-order valence-corrected chi connectivity index (χ3v) is 64.5. The molecule has 0 fully saturated rings. The van der Waals surface area contributed by atoms with Crippen molar-refractivity contribution in [1.29, 1.82) is 0 Å². The molecule has 6 heterocycles. The second kappa shape index (κ2) is 59.7. The Labute approximate surface area is 671 Å². The van der Waals surface area contributed by atoms with Gasteiger partial charge in [-0.05, 0) is 108 Å². The van der Waals surface area contributed by atoms with Gasteiger partial charge in [0.2, 0.25) is 0 Å². The molecule has 0 saturated heterocycles. The van der Waals surface area contributed by atoms with E-state index in [1.165, 1.54) is 194 Å². The van der Waals surface area contributed by atoms with Crippen LogP contribution in [-0.4, -0.2) is 106 Å². The van der Waals surface area contributed by atoms with Crippen LogP contribution >= 0.6 is 24.9 Å². The molecule has 1 aliphatic rings. The number of hydrogen-bond acceptors (Lipinski definition) is 12. The third kappa shape index (κ3) is 41.5. The van der Waals surface area contributed by atoms with Crippen molar-refractivity contribution in [2.24, 2.45) is 0 Å². The molecule has 0 radical (unpaired) electrons. The second-order valence-corrected chi connectivity index (χ2v) is 69.8. The van der Waals surface area contributed by atoms with Gasteiger partial charge in [0, 0.05) is 63.9 Å². The molecular weight excluding hydrogens is 1790 g/mol. The molecule has 14 nitrogen and oxygen atoms in total. The molecule has 608 valence electrons. The van der Waals surface area contributed by atoms with Gasteiger partial charge in [0.05, 0.1) is 12.4 Å². The first-order valence-electron chi connectivity index (χ1n) is 37.0. The van der Waals surface area contributed by atoms with E-state index in [1.54, 1.807) is 71.4 Å². The molecule has 108 heavy (non-hydrogen) atoms. The number of unbranched alkanes of at least 4 members (excludes halogenated alkanes) is 9. The van der Waals surface area contributed by atoms with Crippen molar-refractivity contribution in [2.75, 3.05) is 0 Å². The van der Waals surface area contributed by atoms with Gasteiger partial charge in [0.1, 0.15) is 11.5 Å². The number of aryl methyl sites for hydroxylation is 2. The summed E-state index contributed by atoms with van der Waals surface area (Å²) in [5, 5.41) is 22.8. The van der Waals surface area contributed by atoms with E-state index in [4.69, 9.17) is 8.92 Å². The minimum atomic E-state index is -4.76. The summed E-state index contributed by atoms with van der Waals surface area (Å²) in [6.45, 7) is 24.4. The summed E-state index contributed by atoms with van der Waals surface area (Å²) in [6, 6.07) is 20.7. The summed E-state index contributed by atoms with van der Waals surface area (Å²) >= 11 is -3.14. The van der Waals surface area contributed by atoms with Gasteiger partial charge in [-0.1, -0.05) is 37.1 Å². The van der Waals surface area contributed by atoms with E-state index in [0.717, 1.165) is 51.0 Å². The van der Waals surface area contributed by atoms with Gasteiger partial charge in [-0.2, -0.15) is 20.4 Å². The van der Waals surface area contributed by atoms with Crippen molar-refractivity contribution in [1.82, 2.24) is 50.6 Å². The Morgan fingerprint density at radius 2 is 0.815 bits per heavy atom. The summed E-state index contributed by atoms with van der Waals surface area (Å²) in [4.78, 5) is 24.1. The number of halogens is 8. The maximum Gasteiger partial charge on any atom is 0.573 e. The topological polar surface area (TPSA) is 164 Å². The largest absolute Gasteiger partial charge is 0.573 e. The van der Waals surface area contributed by atoms with Gasteiger partial charge in [-0.25, -0.2) is 0 Å². The van der Waals surface area contributed by atoms with Crippen LogP contribution in [0.3, 0.4) is 0 Å². The summed E-state index contributed by atoms with van der Waals surface area (Å²) in [5.74, 6) is -0.685. The standard InChI is InChI=1S/C17H12F3N3O2.C13H9BrF3NO2.C4H5N2.C4H4N2.C4H3N2.9C4H9.5CH4.ClH.3Sn/c1-11-8-16(24)23(10-15(11)12-6-7-21-22-9-12)13-2-4-14(5-3-13)25-17(18,19)20;1-8-6-12(19)18(7-11(8)14)9-2-4-10(5-3-9)20-13(15,16)17;3*1-2-4-6-5-3-1;9*1-3-4-2;;;;;;;;;/h2-10H,1H3;2-7H,1H3;1,3-6H;1-4H;1,3-4H;9*1,3-4H2,2H3;5*1H4;1H;;;/q;;;;;;;;;;;;;;;;;;;;;;+1/p-1. The van der Waals surface area contributed by atoms with Crippen molar-refractivity contribution >= 4 is 82.4 Å². The van der Waals surface area contributed by atoms with Crippen LogP contribution in [0, 0.1) is 13.8 Å². The number of nitrogens with one attached hydrogen (secondary N) is 2. The van der Waals surface area contributed by atoms with Crippen molar-refractivity contribution in [3.63, 3.8) is 0 Å². The normalized spacial score (nSPS) is 11.4. The van der Waals surface area contributed by atoms with Crippen LogP contribution in [0.4, 0.5) is 26.3 Å². The van der Waals surface area contributed by atoms with Crippen LogP contribution in [0.2, 0.25) is 39.9 Å². The average molecular weight is 1920 g/mol. The second-order valence-electron chi connectivity index (χ2n) is 26.2. The van der Waals surface area contributed by atoms with Gasteiger partial charge in [0.15, 0.2) is 0 Å². The van der Waals surface area contributed by atoms with E-state index in [9.17, 15) is 35.9 Å². The van der Waals surface area contributed by atoms with Crippen LogP contribution in [0.5, 0.6) is 11.5 Å². The van der Waals surface area contributed by atoms with Crippen LogP contribution in [0.25, 0.3) is 22.5 Å². The molecule has 7 aromatic rings. The average Bonchev–Trinajstić information content (AvgIpc) is 0.757. The number of ether oxygens (including phenoxy) is 2. The van der Waals surface area contributed by atoms with Crippen molar-refractivity contribution in [3.8, 4) is 34.0 Å². The van der Waals surface area contributed by atoms with E-state index in [0.29, 0.717) is 11.4 Å². The fourth-order valence-corrected chi connectivity index (χ4v) is 57.1. The van der Waals surface area contributed by atoms with E-state index in [-0.39, 0.29) is 59.8 Å². The summed E-state index contributed by atoms with van der Waals surface area (Å²) in [6.07, 6.45) is 35.5. The minimum absolute atomic E-state index is 0. The Morgan fingerprint density at radius 3 is 1.15 bits per heavy atom. The molecule has 0 saturated carbocycles. The third-order valence-electron chi connectivity index (χ3n) is 18.0. The maximum atomic E-state index is 12.3. The first kappa shape index (κ1) is 107. The minimum Gasteiger partial charge on any atom is -0.406 e. The van der Waals surface area contributed by atoms with Crippen molar-refractivity contribution in [3.05, 3.63) is 193 Å². The van der Waals surface area contributed by atoms with E-state index in [2.05, 4.69) is 160 Å². The molecule has 1 aliphatic heterocycles. The number of allylic oxidation sites excluding steroid dienone is 2. The molecule has 8 rings (SSSR count). The molecule has 2 aromatic carbocycles. The smallest absolute Gasteiger partial charge is 0.406 e. The van der Waals surface area contributed by atoms with Crippen LogP contribution in [0.15, 0.2) is 171 Å². The predicted octanol–water partition coefficient (Wildman–Crippen LogP) is 25.9. The number of rotatable bonds is 34. The maximum absolute atomic E-state index is 12.3. The Bertz CT molecular complexity index is 3490. The van der Waals surface area contributed by atoms with Crippen molar-refractivity contribution < 1.29 is 35.8 Å². The van der Waals surface area contributed by atoms with Gasteiger partial charge >= 0.3 is 359 Å². The first-order chi connectivity index (χ1) is 49.3. The number of hydrazine groups is 1. The Balaban J connectivity index is -0.00000125. The van der Waals surface area contributed by atoms with E-state index in [1.807, 2.05) is 18.3 Å². The SMILES string of the molecule is C.C.C.C.C.CCC[CH2][Sn]([CH2]CCC)([CH2]CCC)[C]1=CNNC=C1.CCC[CH2][Sn]([CH2]CCC)([CH2]CCC)[c]1ccnnc1.CCC[CH2][Sn]([Cl])([CH2]CCC)[CH2]CCC.Cc1cc(=O)n(-c2ccc(OC(F)(F)F)cc2)cc1-c1ccnnc1.Cc1cc(=O)n(-c2ccc(OC(F)(F)F)cc2)cc1Br.c1ccnnc1. The predicted molar refractivity (Wildman–Crippen MR) is 457 cm³/mol. The molecule has 0 amide bonds. The molecule has 0 spiro atoms. The zero-order valence-corrected chi connectivity index (χ0v) is 73.7. The zero-order chi connectivity index (χ0) is 76.0. The van der Waals surface area contributed by atoms with Crippen molar-refractivity contribution in [2.45, 2.75) is 282 Å². The van der Waals surface area contributed by atoms with Crippen LogP contribution in [-0.2, 0) is 0 Å². The van der Waals surface area contributed by atoms with Gasteiger partial charge in [-0.3, -0.25) is 18.7 Å². The number of benzene rings is 2. The van der Waals surface area contributed by atoms with Gasteiger partial charge in [0.25, 0.3) is 11.1 Å². The number of pyridine rings is 2. The van der Waals surface area contributed by atoms with Gasteiger partial charge < -0.3 is 9.47 Å². The molecular formula is C83H134BrClF6N10O4Sn3. The first-order valence-corrected chi connectivity index (χ1v) is 62.5. The number of nitrogens with zero attached hydrogens (tertiary/aromatic N) is 8. The van der Waals surface area contributed by atoms with E-state index < -0.39 is 66.7 Å². The quantitative estimate of drug-likeness (QED) is 0.0290. The summed E-state index contributed by atoms with van der Waals surface area (Å²) in [5.41, 5.74) is 9.69. The molecule has 0 aliphatic carbocycles. The molecule has 5 aromatic heterocycles. The van der Waals surface area contributed by atoms with Crippen LogP contribution in [0.1, 0.15) is 226 Å².